The van der Waals surface area contributed by atoms with E-state index in [-0.39, 0.29) is 11.5 Å². The third-order valence-corrected chi connectivity index (χ3v) is 4.90. The first-order valence-electron chi connectivity index (χ1n) is 9.19. The molecule has 1 aliphatic heterocycles. The number of H-pyrrole nitrogens is 1. The van der Waals surface area contributed by atoms with Crippen LogP contribution in [0.25, 0.3) is 11.4 Å². The Bertz CT molecular complexity index is 1040. The van der Waals surface area contributed by atoms with Crippen molar-refractivity contribution in [2.24, 2.45) is 0 Å². The number of rotatable bonds is 5. The van der Waals surface area contributed by atoms with Crippen LogP contribution in [0.1, 0.15) is 33.9 Å². The minimum Gasteiger partial charge on any atom is -0.478 e. The van der Waals surface area contributed by atoms with E-state index in [0.717, 1.165) is 22.6 Å². The summed E-state index contributed by atoms with van der Waals surface area (Å²) < 4.78 is 1.78. The van der Waals surface area contributed by atoms with Crippen LogP contribution in [0, 0.1) is 6.92 Å². The Balaban J connectivity index is 1.45. The van der Waals surface area contributed by atoms with Gasteiger partial charge >= 0.3 is 5.97 Å². The number of nitrogens with one attached hydrogen (secondary N) is 1. The quantitative estimate of drug-likeness (QED) is 0.708. The number of carboxylic acids is 1. The van der Waals surface area contributed by atoms with E-state index in [0.29, 0.717) is 38.3 Å². The number of amides is 1. The van der Waals surface area contributed by atoms with Crippen LogP contribution in [0.15, 0.2) is 36.5 Å². The second-order valence-corrected chi connectivity index (χ2v) is 6.93. The van der Waals surface area contributed by atoms with Crippen LogP contribution in [-0.4, -0.2) is 48.2 Å². The number of carbonyl (C=O) groups excluding carboxylic acids is 1. The molecule has 28 heavy (non-hydrogen) atoms. The number of imidazole rings is 1. The van der Waals surface area contributed by atoms with Crippen LogP contribution >= 0.6 is 0 Å². The number of hydrogen-bond acceptors (Lipinski definition) is 4. The van der Waals surface area contributed by atoms with Crippen molar-refractivity contribution in [3.8, 4) is 11.4 Å². The average molecular weight is 379 g/mol. The van der Waals surface area contributed by atoms with Crippen LogP contribution in [0.2, 0.25) is 0 Å². The van der Waals surface area contributed by atoms with E-state index < -0.39 is 5.97 Å². The zero-order chi connectivity index (χ0) is 19.7. The Labute approximate surface area is 161 Å². The summed E-state index contributed by atoms with van der Waals surface area (Å²) >= 11 is 0. The van der Waals surface area contributed by atoms with Crippen molar-refractivity contribution in [3.63, 3.8) is 0 Å². The van der Waals surface area contributed by atoms with Crippen LogP contribution in [0.5, 0.6) is 0 Å². The van der Waals surface area contributed by atoms with Crippen molar-refractivity contribution in [1.82, 2.24) is 24.6 Å². The molecule has 0 atom stereocenters. The minimum absolute atomic E-state index is 0.0860. The molecule has 144 valence electrons. The van der Waals surface area contributed by atoms with E-state index in [4.69, 9.17) is 5.11 Å². The number of hydrogen-bond donors (Lipinski definition) is 2. The first-order valence-corrected chi connectivity index (χ1v) is 9.19. The maximum atomic E-state index is 12.6. The zero-order valence-corrected chi connectivity index (χ0v) is 15.6. The number of benzene rings is 1. The van der Waals surface area contributed by atoms with E-state index in [2.05, 4.69) is 15.1 Å². The summed E-state index contributed by atoms with van der Waals surface area (Å²) in [7, 11) is 0. The Morgan fingerprint density at radius 1 is 1.29 bits per heavy atom. The summed E-state index contributed by atoms with van der Waals surface area (Å²) in [6.07, 6.45) is 2.96. The van der Waals surface area contributed by atoms with Crippen LogP contribution in [0.3, 0.4) is 0 Å². The molecule has 0 aliphatic carbocycles. The van der Waals surface area contributed by atoms with Gasteiger partial charge in [-0.05, 0) is 25.1 Å². The Hall–Kier alpha value is -3.42. The Morgan fingerprint density at radius 2 is 2.14 bits per heavy atom. The highest BCUT2D eigenvalue weighted by Gasteiger charge is 2.24. The van der Waals surface area contributed by atoms with Crippen molar-refractivity contribution in [2.75, 3.05) is 6.54 Å². The number of aromatic nitrogens is 4. The first-order chi connectivity index (χ1) is 13.5. The van der Waals surface area contributed by atoms with Crippen LogP contribution < -0.4 is 0 Å². The third kappa shape index (κ3) is 3.66. The first kappa shape index (κ1) is 18.0. The number of carboxylic acid groups (broad SMARTS) is 1. The van der Waals surface area contributed by atoms with Gasteiger partial charge in [0.1, 0.15) is 5.82 Å². The van der Waals surface area contributed by atoms with Gasteiger partial charge in [-0.25, -0.2) is 9.78 Å². The summed E-state index contributed by atoms with van der Waals surface area (Å²) in [6, 6.07) is 8.60. The lowest BCUT2D eigenvalue weighted by Crippen LogP contribution is -2.36. The molecule has 0 saturated heterocycles. The molecule has 0 spiro atoms. The molecule has 0 radical (unpaired) electrons. The van der Waals surface area contributed by atoms with E-state index >= 15 is 0 Å². The largest absolute Gasteiger partial charge is 0.478 e. The second-order valence-electron chi connectivity index (χ2n) is 6.93. The zero-order valence-electron chi connectivity index (χ0n) is 15.6. The van der Waals surface area contributed by atoms with Gasteiger partial charge in [-0.3, -0.25) is 9.48 Å². The van der Waals surface area contributed by atoms with Crippen LogP contribution in [-0.2, 0) is 24.3 Å². The topological polar surface area (TPSA) is 104 Å². The molecule has 4 rings (SSSR count). The third-order valence-electron chi connectivity index (χ3n) is 4.90. The number of fused-ring (bicyclic) bond motifs is 1. The van der Waals surface area contributed by atoms with Crippen molar-refractivity contribution in [1.29, 1.82) is 0 Å². The molecule has 8 nitrogen and oxygen atoms in total. The number of nitrogens with zero attached hydrogens (tertiary/aromatic N) is 4. The molecule has 1 aromatic carbocycles. The summed E-state index contributed by atoms with van der Waals surface area (Å²) in [5.74, 6) is -0.250. The van der Waals surface area contributed by atoms with E-state index in [9.17, 15) is 9.59 Å². The lowest BCUT2D eigenvalue weighted by molar-refractivity contribution is -0.132. The van der Waals surface area contributed by atoms with Crippen molar-refractivity contribution < 1.29 is 14.7 Å². The van der Waals surface area contributed by atoms with Gasteiger partial charge in [0.2, 0.25) is 5.91 Å². The SMILES string of the molecule is Cc1ccn(CCC(=O)N2CCc3nc(-c4cccc(C(=O)O)c4)[nH]c3C2)n1. The molecule has 0 fully saturated rings. The highest BCUT2D eigenvalue weighted by Crippen LogP contribution is 2.24. The maximum absolute atomic E-state index is 12.6. The van der Waals surface area contributed by atoms with Gasteiger partial charge < -0.3 is 15.0 Å². The average Bonchev–Trinajstić information content (AvgIpc) is 3.31. The predicted molar refractivity (Wildman–Crippen MR) is 102 cm³/mol. The van der Waals surface area contributed by atoms with Gasteiger partial charge in [-0.1, -0.05) is 12.1 Å². The maximum Gasteiger partial charge on any atom is 0.335 e. The molecule has 3 heterocycles. The van der Waals surface area contributed by atoms with Gasteiger partial charge in [0.05, 0.1) is 29.2 Å². The standard InChI is InChI=1S/C20H21N5O3/c1-13-5-9-25(23-13)10-7-18(26)24-8-6-16-17(12-24)22-19(21-16)14-3-2-4-15(11-14)20(27)28/h2-5,9,11H,6-8,10,12H2,1H3,(H,21,22)(H,27,28). The number of aryl methyl sites for hydroxylation is 2. The lowest BCUT2D eigenvalue weighted by Gasteiger charge is -2.26. The van der Waals surface area contributed by atoms with Gasteiger partial charge in [0.15, 0.2) is 0 Å². The molecule has 0 bridgehead atoms. The molecular weight excluding hydrogens is 358 g/mol. The molecule has 0 unspecified atom stereocenters. The summed E-state index contributed by atoms with van der Waals surface area (Å²) in [5.41, 5.74) is 3.72. The van der Waals surface area contributed by atoms with E-state index in [1.54, 1.807) is 22.9 Å². The number of aromatic carboxylic acids is 1. The van der Waals surface area contributed by atoms with Gasteiger partial charge in [-0.15, -0.1) is 0 Å². The molecule has 2 N–H and O–H groups in total. The number of carbonyl (C=O) groups is 2. The van der Waals surface area contributed by atoms with Crippen molar-refractivity contribution >= 4 is 11.9 Å². The smallest absolute Gasteiger partial charge is 0.335 e. The van der Waals surface area contributed by atoms with E-state index in [1.807, 2.05) is 30.2 Å². The molecule has 8 heteroatoms. The second kappa shape index (κ2) is 7.30. The number of aromatic amines is 1. The highest BCUT2D eigenvalue weighted by atomic mass is 16.4. The fraction of sp³-hybridized carbons (Fsp3) is 0.300. The molecule has 1 amide bonds. The minimum atomic E-state index is -0.970. The fourth-order valence-corrected chi connectivity index (χ4v) is 3.40. The summed E-state index contributed by atoms with van der Waals surface area (Å²) in [4.78, 5) is 33.5. The van der Waals surface area contributed by atoms with Crippen molar-refractivity contribution in [3.05, 3.63) is 59.2 Å². The van der Waals surface area contributed by atoms with Crippen molar-refractivity contribution in [2.45, 2.75) is 32.9 Å². The van der Waals surface area contributed by atoms with Gasteiger partial charge in [-0.2, -0.15) is 5.10 Å². The predicted octanol–water partition coefficient (Wildman–Crippen LogP) is 2.25. The lowest BCUT2D eigenvalue weighted by atomic mass is 10.1. The van der Waals surface area contributed by atoms with Gasteiger partial charge in [0.25, 0.3) is 0 Å². The fourth-order valence-electron chi connectivity index (χ4n) is 3.40. The van der Waals surface area contributed by atoms with Crippen LogP contribution in [0.4, 0.5) is 0 Å². The molecule has 3 aromatic rings. The summed E-state index contributed by atoms with van der Waals surface area (Å²) in [5, 5.41) is 13.5. The van der Waals surface area contributed by atoms with Gasteiger partial charge in [0, 0.05) is 37.7 Å². The molecule has 2 aromatic heterocycles. The monoisotopic (exact) mass is 379 g/mol. The molecular formula is C20H21N5O3. The normalized spacial score (nSPS) is 13.4. The molecule has 1 aliphatic rings. The molecule has 0 saturated carbocycles. The highest BCUT2D eigenvalue weighted by molar-refractivity contribution is 5.89. The Kier molecular flexibility index (Phi) is 4.68. The Morgan fingerprint density at radius 3 is 2.89 bits per heavy atom. The van der Waals surface area contributed by atoms with E-state index in [1.165, 1.54) is 0 Å². The summed E-state index contributed by atoms with van der Waals surface area (Å²) in [6.45, 7) is 3.60.